The molecule has 0 heterocycles. The molecule has 17 heavy (non-hydrogen) atoms. The number of hydrogen-bond donors (Lipinski definition) is 0. The third-order valence-corrected chi connectivity index (χ3v) is 3.77. The van der Waals surface area contributed by atoms with Crippen LogP contribution in [0.15, 0.2) is 18.2 Å². The highest BCUT2D eigenvalue weighted by Crippen LogP contribution is 2.31. The fourth-order valence-corrected chi connectivity index (χ4v) is 2.87. The lowest BCUT2D eigenvalue weighted by atomic mass is 10.1. The van der Waals surface area contributed by atoms with Gasteiger partial charge in [-0.05, 0) is 38.0 Å². The molecule has 0 bridgehead atoms. The number of halogens is 1. The van der Waals surface area contributed by atoms with Gasteiger partial charge in [-0.3, -0.25) is 4.79 Å². The molecule has 0 aromatic heterocycles. The maximum atomic E-state index is 11.1. The lowest BCUT2D eigenvalue weighted by Gasteiger charge is -2.31. The molecule has 1 aromatic carbocycles. The number of benzene rings is 1. The van der Waals surface area contributed by atoms with Crippen molar-refractivity contribution in [3.8, 4) is 0 Å². The molecule has 92 valence electrons. The summed E-state index contributed by atoms with van der Waals surface area (Å²) in [5.74, 6) is 0. The summed E-state index contributed by atoms with van der Waals surface area (Å²) >= 11 is 6.04. The Balaban J connectivity index is 2.34. The van der Waals surface area contributed by atoms with Gasteiger partial charge in [0.1, 0.15) is 0 Å². The molecule has 3 heteroatoms. The number of rotatable bonds is 4. The van der Waals surface area contributed by atoms with Crippen LogP contribution in [0.5, 0.6) is 0 Å². The van der Waals surface area contributed by atoms with Gasteiger partial charge < -0.3 is 4.90 Å². The molecule has 0 N–H and O–H groups in total. The van der Waals surface area contributed by atoms with Crippen molar-refractivity contribution in [1.29, 1.82) is 0 Å². The van der Waals surface area contributed by atoms with Crippen LogP contribution < -0.4 is 4.90 Å². The third-order valence-electron chi connectivity index (χ3n) is 3.54. The molecule has 2 rings (SSSR count). The number of carbonyl (C=O) groups is 1. The Bertz CT molecular complexity index is 399. The molecule has 0 unspecified atom stereocenters. The largest absolute Gasteiger partial charge is 0.368 e. The van der Waals surface area contributed by atoms with E-state index in [9.17, 15) is 4.79 Å². The van der Waals surface area contributed by atoms with Gasteiger partial charge >= 0.3 is 0 Å². The third kappa shape index (κ3) is 2.63. The SMILES string of the molecule is CCN(c1cc(Cl)ccc1C=O)C1CCCC1. The monoisotopic (exact) mass is 251 g/mol. The Morgan fingerprint density at radius 1 is 1.41 bits per heavy atom. The summed E-state index contributed by atoms with van der Waals surface area (Å²) < 4.78 is 0. The zero-order chi connectivity index (χ0) is 12.3. The summed E-state index contributed by atoms with van der Waals surface area (Å²) in [5.41, 5.74) is 1.73. The molecule has 1 fully saturated rings. The second-order valence-electron chi connectivity index (χ2n) is 4.55. The number of hydrogen-bond acceptors (Lipinski definition) is 2. The van der Waals surface area contributed by atoms with Crippen LogP contribution in [0, 0.1) is 0 Å². The van der Waals surface area contributed by atoms with E-state index in [-0.39, 0.29) is 0 Å². The first-order valence-corrected chi connectivity index (χ1v) is 6.65. The van der Waals surface area contributed by atoms with Crippen LogP contribution in [0.4, 0.5) is 5.69 Å². The smallest absolute Gasteiger partial charge is 0.152 e. The summed E-state index contributed by atoms with van der Waals surface area (Å²) in [6.45, 7) is 3.06. The van der Waals surface area contributed by atoms with Crippen molar-refractivity contribution in [2.45, 2.75) is 38.6 Å². The molecule has 1 saturated carbocycles. The van der Waals surface area contributed by atoms with E-state index in [0.717, 1.165) is 24.1 Å². The topological polar surface area (TPSA) is 20.3 Å². The van der Waals surface area contributed by atoms with E-state index >= 15 is 0 Å². The van der Waals surface area contributed by atoms with Crippen LogP contribution in [-0.4, -0.2) is 18.9 Å². The molecule has 1 aromatic rings. The van der Waals surface area contributed by atoms with Gasteiger partial charge in [0.25, 0.3) is 0 Å². The average molecular weight is 252 g/mol. The van der Waals surface area contributed by atoms with E-state index in [1.807, 2.05) is 12.1 Å². The first-order valence-electron chi connectivity index (χ1n) is 6.27. The fraction of sp³-hybridized carbons (Fsp3) is 0.500. The van der Waals surface area contributed by atoms with Crippen molar-refractivity contribution in [2.75, 3.05) is 11.4 Å². The molecule has 1 aliphatic carbocycles. The molecule has 0 aliphatic heterocycles. The van der Waals surface area contributed by atoms with Crippen molar-refractivity contribution in [2.24, 2.45) is 0 Å². The maximum absolute atomic E-state index is 11.1. The number of anilines is 1. The van der Waals surface area contributed by atoms with Crippen molar-refractivity contribution in [3.05, 3.63) is 28.8 Å². The molecule has 0 amide bonds. The molecule has 2 nitrogen and oxygen atoms in total. The Kier molecular flexibility index (Phi) is 4.06. The van der Waals surface area contributed by atoms with Gasteiger partial charge in [-0.15, -0.1) is 0 Å². The Morgan fingerprint density at radius 2 is 2.12 bits per heavy atom. The summed E-state index contributed by atoms with van der Waals surface area (Å²) in [5, 5.41) is 0.696. The zero-order valence-corrected chi connectivity index (χ0v) is 10.9. The number of aldehydes is 1. The average Bonchev–Trinajstić information content (AvgIpc) is 2.84. The molecular formula is C14H18ClNO. The minimum Gasteiger partial charge on any atom is -0.368 e. The van der Waals surface area contributed by atoms with Crippen LogP contribution in [0.2, 0.25) is 5.02 Å². The molecule has 0 atom stereocenters. The van der Waals surface area contributed by atoms with E-state index in [0.29, 0.717) is 11.1 Å². The molecule has 0 radical (unpaired) electrons. The van der Waals surface area contributed by atoms with Crippen molar-refractivity contribution in [1.82, 2.24) is 0 Å². The van der Waals surface area contributed by atoms with Gasteiger partial charge in [0.05, 0.1) is 0 Å². The van der Waals surface area contributed by atoms with E-state index in [1.165, 1.54) is 25.7 Å². The fourth-order valence-electron chi connectivity index (χ4n) is 2.71. The Morgan fingerprint density at radius 3 is 2.71 bits per heavy atom. The van der Waals surface area contributed by atoms with Crippen molar-refractivity contribution in [3.63, 3.8) is 0 Å². The molecule has 1 aliphatic rings. The highest BCUT2D eigenvalue weighted by Gasteiger charge is 2.23. The summed E-state index contributed by atoms with van der Waals surface area (Å²) in [6, 6.07) is 6.06. The highest BCUT2D eigenvalue weighted by molar-refractivity contribution is 6.31. The minimum atomic E-state index is 0.567. The highest BCUT2D eigenvalue weighted by atomic mass is 35.5. The van der Waals surface area contributed by atoms with E-state index in [4.69, 9.17) is 11.6 Å². The predicted molar refractivity (Wildman–Crippen MR) is 72.1 cm³/mol. The zero-order valence-electron chi connectivity index (χ0n) is 10.2. The van der Waals surface area contributed by atoms with Crippen LogP contribution in [0.1, 0.15) is 43.0 Å². The quantitative estimate of drug-likeness (QED) is 0.756. The maximum Gasteiger partial charge on any atom is 0.152 e. The Hall–Kier alpha value is -1.02. The van der Waals surface area contributed by atoms with Gasteiger partial charge in [0.15, 0.2) is 6.29 Å². The first-order chi connectivity index (χ1) is 8.26. The number of carbonyl (C=O) groups excluding carboxylic acids is 1. The predicted octanol–water partition coefficient (Wildman–Crippen LogP) is 3.92. The molecular weight excluding hydrogens is 234 g/mol. The summed E-state index contributed by atoms with van der Waals surface area (Å²) in [6.07, 6.45) is 5.94. The van der Waals surface area contributed by atoms with Gasteiger partial charge in [-0.2, -0.15) is 0 Å². The van der Waals surface area contributed by atoms with Crippen molar-refractivity contribution < 1.29 is 4.79 Å². The second kappa shape index (κ2) is 5.54. The van der Waals surface area contributed by atoms with E-state index < -0.39 is 0 Å². The van der Waals surface area contributed by atoms with Crippen LogP contribution in [-0.2, 0) is 0 Å². The number of nitrogens with zero attached hydrogens (tertiary/aromatic N) is 1. The van der Waals surface area contributed by atoms with Crippen LogP contribution in [0.3, 0.4) is 0 Å². The molecule has 0 spiro atoms. The molecule has 0 saturated heterocycles. The van der Waals surface area contributed by atoms with Gasteiger partial charge in [0.2, 0.25) is 0 Å². The van der Waals surface area contributed by atoms with E-state index in [2.05, 4.69) is 11.8 Å². The Labute approximate surface area is 108 Å². The second-order valence-corrected chi connectivity index (χ2v) is 4.98. The van der Waals surface area contributed by atoms with Gasteiger partial charge in [0, 0.05) is 28.9 Å². The standard InChI is InChI=1S/C14H18ClNO/c1-2-16(13-5-3-4-6-13)14-9-12(15)8-7-11(14)10-17/h7-10,13H,2-6H2,1H3. The summed E-state index contributed by atoms with van der Waals surface area (Å²) in [4.78, 5) is 13.4. The minimum absolute atomic E-state index is 0.567. The lowest BCUT2D eigenvalue weighted by molar-refractivity contribution is 0.112. The summed E-state index contributed by atoms with van der Waals surface area (Å²) in [7, 11) is 0. The van der Waals surface area contributed by atoms with Crippen molar-refractivity contribution >= 4 is 23.6 Å². The van der Waals surface area contributed by atoms with Crippen LogP contribution >= 0.6 is 11.6 Å². The lowest BCUT2D eigenvalue weighted by Crippen LogP contribution is -2.33. The van der Waals surface area contributed by atoms with Gasteiger partial charge in [-0.1, -0.05) is 24.4 Å². The van der Waals surface area contributed by atoms with Crippen LogP contribution in [0.25, 0.3) is 0 Å². The normalized spacial score (nSPS) is 16.1. The van der Waals surface area contributed by atoms with Gasteiger partial charge in [-0.25, -0.2) is 0 Å². The first kappa shape index (κ1) is 12.4. The van der Waals surface area contributed by atoms with E-state index in [1.54, 1.807) is 6.07 Å².